The summed E-state index contributed by atoms with van der Waals surface area (Å²) in [6.45, 7) is 10.4. The first-order valence-corrected chi connectivity index (χ1v) is 7.59. The minimum Gasteiger partial charge on any atom is -0.379 e. The Kier molecular flexibility index (Phi) is 5.00. The Bertz CT molecular complexity index is 478. The molecule has 0 spiro atoms. The Hall–Kier alpha value is -1.40. The van der Waals surface area contributed by atoms with Crippen molar-refractivity contribution < 1.29 is 9.53 Å². The van der Waals surface area contributed by atoms with Crippen molar-refractivity contribution in [3.63, 3.8) is 0 Å². The van der Waals surface area contributed by atoms with Crippen molar-refractivity contribution in [1.29, 1.82) is 0 Å². The molecule has 1 aromatic rings. The van der Waals surface area contributed by atoms with Gasteiger partial charge >= 0.3 is 0 Å². The predicted octanol–water partition coefficient (Wildman–Crippen LogP) is 1.66. The molecule has 0 aliphatic carbocycles. The number of nitrogens with zero attached hydrogens (tertiary/aromatic N) is 1. The zero-order valence-corrected chi connectivity index (χ0v) is 13.3. The monoisotopic (exact) mass is 294 g/mol. The Balaban J connectivity index is 1.96. The normalized spacial score (nSPS) is 22.5. The van der Waals surface area contributed by atoms with Crippen molar-refractivity contribution in [3.05, 3.63) is 11.8 Å². The quantitative estimate of drug-likeness (QED) is 0.771. The lowest BCUT2D eigenvalue weighted by Crippen LogP contribution is -2.41. The maximum Gasteiger partial charge on any atom is 0.232 e. The van der Waals surface area contributed by atoms with Gasteiger partial charge in [-0.1, -0.05) is 27.7 Å². The van der Waals surface area contributed by atoms with Gasteiger partial charge in [-0.15, -0.1) is 0 Å². The van der Waals surface area contributed by atoms with Crippen LogP contribution in [-0.2, 0) is 14.9 Å². The van der Waals surface area contributed by atoms with Crippen LogP contribution in [0.5, 0.6) is 0 Å². The Morgan fingerprint density at radius 2 is 2.24 bits per heavy atom. The summed E-state index contributed by atoms with van der Waals surface area (Å²) in [6.07, 6.45) is 1.04. The molecule has 0 bridgehead atoms. The van der Waals surface area contributed by atoms with E-state index < -0.39 is 0 Å². The summed E-state index contributed by atoms with van der Waals surface area (Å²) in [5, 5.41) is 13.4. The Morgan fingerprint density at radius 1 is 1.48 bits per heavy atom. The number of hydrogen-bond donors (Lipinski definition) is 3. The highest BCUT2D eigenvalue weighted by Gasteiger charge is 2.34. The van der Waals surface area contributed by atoms with Crippen molar-refractivity contribution in [2.24, 2.45) is 5.92 Å². The largest absolute Gasteiger partial charge is 0.379 e. The molecule has 1 aliphatic heterocycles. The molecule has 2 heterocycles. The first kappa shape index (κ1) is 16.0. The van der Waals surface area contributed by atoms with Gasteiger partial charge in [0.05, 0.1) is 19.1 Å². The second-order valence-electron chi connectivity index (χ2n) is 6.61. The highest BCUT2D eigenvalue weighted by molar-refractivity contribution is 5.92. The fourth-order valence-electron chi connectivity index (χ4n) is 2.33. The molecule has 6 nitrogen and oxygen atoms in total. The summed E-state index contributed by atoms with van der Waals surface area (Å²) in [7, 11) is 0. The van der Waals surface area contributed by atoms with E-state index in [2.05, 4.69) is 48.5 Å². The van der Waals surface area contributed by atoms with Gasteiger partial charge in [0.2, 0.25) is 5.91 Å². The average molecular weight is 294 g/mol. The molecule has 1 aromatic heterocycles. The van der Waals surface area contributed by atoms with Crippen molar-refractivity contribution >= 4 is 11.7 Å². The standard InChI is InChI=1S/C15H26N4O2/c1-5-6-16-11-9-21-8-10(11)14(20)17-13-7-12(18-19-13)15(2,3)4/h7,10-11,16H,5-6,8-9H2,1-4H3,(H2,17,18,19,20). The zero-order valence-electron chi connectivity index (χ0n) is 13.3. The van der Waals surface area contributed by atoms with E-state index >= 15 is 0 Å². The number of ether oxygens (including phenoxy) is 1. The molecule has 0 radical (unpaired) electrons. The maximum atomic E-state index is 12.4. The molecule has 2 rings (SSSR count). The van der Waals surface area contributed by atoms with E-state index in [1.54, 1.807) is 0 Å². The van der Waals surface area contributed by atoms with Crippen LogP contribution in [0.1, 0.15) is 39.8 Å². The smallest absolute Gasteiger partial charge is 0.232 e. The number of carbonyl (C=O) groups excluding carboxylic acids is 1. The SMILES string of the molecule is CCCNC1COCC1C(=O)Nc1cc(C(C)(C)C)[nH]n1. The molecule has 0 aromatic carbocycles. The van der Waals surface area contributed by atoms with Gasteiger partial charge in [0, 0.05) is 23.2 Å². The molecule has 1 fully saturated rings. The fraction of sp³-hybridized carbons (Fsp3) is 0.733. The second kappa shape index (κ2) is 6.58. The molecule has 1 aliphatic rings. The average Bonchev–Trinajstić information content (AvgIpc) is 3.03. The van der Waals surface area contributed by atoms with Gasteiger partial charge in [-0.05, 0) is 13.0 Å². The van der Waals surface area contributed by atoms with Crippen LogP contribution in [0.3, 0.4) is 0 Å². The lowest BCUT2D eigenvalue weighted by molar-refractivity contribution is -0.120. The minimum absolute atomic E-state index is 0.0162. The van der Waals surface area contributed by atoms with E-state index in [-0.39, 0.29) is 23.3 Å². The van der Waals surface area contributed by atoms with E-state index in [0.717, 1.165) is 18.7 Å². The van der Waals surface area contributed by atoms with E-state index in [9.17, 15) is 4.79 Å². The fourth-order valence-corrected chi connectivity index (χ4v) is 2.33. The number of H-pyrrole nitrogens is 1. The number of amides is 1. The molecule has 0 saturated carbocycles. The molecule has 21 heavy (non-hydrogen) atoms. The molecule has 118 valence electrons. The topological polar surface area (TPSA) is 79.0 Å². The minimum atomic E-state index is -0.161. The lowest BCUT2D eigenvalue weighted by atomic mass is 9.92. The number of aromatic amines is 1. The molecule has 1 amide bonds. The van der Waals surface area contributed by atoms with E-state index in [4.69, 9.17) is 4.74 Å². The van der Waals surface area contributed by atoms with Crippen molar-refractivity contribution in [2.75, 3.05) is 25.1 Å². The Morgan fingerprint density at radius 3 is 2.86 bits per heavy atom. The molecular formula is C15H26N4O2. The maximum absolute atomic E-state index is 12.4. The summed E-state index contributed by atoms with van der Waals surface area (Å²) in [5.41, 5.74) is 0.985. The number of anilines is 1. The summed E-state index contributed by atoms with van der Waals surface area (Å²) < 4.78 is 5.43. The predicted molar refractivity (Wildman–Crippen MR) is 82.3 cm³/mol. The van der Waals surface area contributed by atoms with E-state index in [1.807, 2.05) is 6.07 Å². The van der Waals surface area contributed by atoms with E-state index in [1.165, 1.54) is 0 Å². The van der Waals surface area contributed by atoms with Crippen LogP contribution in [0, 0.1) is 5.92 Å². The zero-order chi connectivity index (χ0) is 15.5. The third-order valence-corrected chi connectivity index (χ3v) is 3.71. The molecular weight excluding hydrogens is 268 g/mol. The molecule has 2 atom stereocenters. The van der Waals surface area contributed by atoms with Crippen LogP contribution >= 0.6 is 0 Å². The summed E-state index contributed by atoms with van der Waals surface area (Å²) in [4.78, 5) is 12.4. The third-order valence-electron chi connectivity index (χ3n) is 3.71. The summed E-state index contributed by atoms with van der Waals surface area (Å²) in [6, 6.07) is 1.98. The third kappa shape index (κ3) is 4.04. The van der Waals surface area contributed by atoms with Crippen LogP contribution in [0.4, 0.5) is 5.82 Å². The van der Waals surface area contributed by atoms with Gasteiger partial charge in [-0.2, -0.15) is 5.10 Å². The first-order chi connectivity index (χ1) is 9.91. The van der Waals surface area contributed by atoms with Gasteiger partial charge in [0.25, 0.3) is 0 Å². The number of rotatable bonds is 5. The van der Waals surface area contributed by atoms with Gasteiger partial charge in [-0.3, -0.25) is 9.89 Å². The summed E-state index contributed by atoms with van der Waals surface area (Å²) >= 11 is 0. The van der Waals surface area contributed by atoms with Crippen molar-refractivity contribution in [3.8, 4) is 0 Å². The molecule has 1 saturated heterocycles. The van der Waals surface area contributed by atoms with Crippen molar-refractivity contribution in [1.82, 2.24) is 15.5 Å². The van der Waals surface area contributed by atoms with Gasteiger partial charge in [0.15, 0.2) is 5.82 Å². The number of hydrogen-bond acceptors (Lipinski definition) is 4. The van der Waals surface area contributed by atoms with Crippen LogP contribution in [-0.4, -0.2) is 41.9 Å². The van der Waals surface area contributed by atoms with E-state index in [0.29, 0.717) is 19.0 Å². The van der Waals surface area contributed by atoms with Gasteiger partial charge in [0.1, 0.15) is 0 Å². The van der Waals surface area contributed by atoms with Crippen LogP contribution in [0.2, 0.25) is 0 Å². The second-order valence-corrected chi connectivity index (χ2v) is 6.61. The molecule has 3 N–H and O–H groups in total. The lowest BCUT2D eigenvalue weighted by Gasteiger charge is -2.17. The van der Waals surface area contributed by atoms with Crippen LogP contribution < -0.4 is 10.6 Å². The van der Waals surface area contributed by atoms with Crippen LogP contribution in [0.25, 0.3) is 0 Å². The highest BCUT2D eigenvalue weighted by atomic mass is 16.5. The summed E-state index contributed by atoms with van der Waals surface area (Å²) in [5.74, 6) is 0.380. The van der Waals surface area contributed by atoms with Crippen LogP contribution in [0.15, 0.2) is 6.07 Å². The highest BCUT2D eigenvalue weighted by Crippen LogP contribution is 2.23. The van der Waals surface area contributed by atoms with Gasteiger partial charge in [-0.25, -0.2) is 0 Å². The Labute approximate surface area is 126 Å². The molecule has 6 heteroatoms. The molecule has 2 unspecified atom stereocenters. The number of aromatic nitrogens is 2. The number of carbonyl (C=O) groups is 1. The van der Waals surface area contributed by atoms with Gasteiger partial charge < -0.3 is 15.4 Å². The van der Waals surface area contributed by atoms with Crippen molar-refractivity contribution in [2.45, 2.75) is 45.6 Å². The first-order valence-electron chi connectivity index (χ1n) is 7.59. The number of nitrogens with one attached hydrogen (secondary N) is 3.